The second kappa shape index (κ2) is 6.98. The van der Waals surface area contributed by atoms with Crippen LogP contribution in [0.3, 0.4) is 0 Å². The molecule has 22 heavy (non-hydrogen) atoms. The van der Waals surface area contributed by atoms with E-state index < -0.39 is 0 Å². The normalized spacial score (nSPS) is 31.3. The number of hydrogen-bond donors (Lipinski definition) is 0. The smallest absolute Gasteiger partial charge is 0.303 e. The fraction of sp³-hybridized carbons (Fsp3) is 0.526. The molecule has 1 aliphatic heterocycles. The fourth-order valence-corrected chi connectivity index (χ4v) is 3.17. The summed E-state index contributed by atoms with van der Waals surface area (Å²) in [5.74, 6) is 2.92. The van der Waals surface area contributed by atoms with E-state index in [9.17, 15) is 4.79 Å². The average Bonchev–Trinajstić information content (AvgIpc) is 2.52. The van der Waals surface area contributed by atoms with Crippen molar-refractivity contribution in [2.45, 2.75) is 52.4 Å². The van der Waals surface area contributed by atoms with Crippen LogP contribution in [-0.4, -0.2) is 18.2 Å². The molecule has 5 atom stereocenters. The van der Waals surface area contributed by atoms with Crippen LogP contribution in [0.25, 0.3) is 0 Å². The lowest BCUT2D eigenvalue weighted by Crippen LogP contribution is -2.46. The molecule has 3 heteroatoms. The van der Waals surface area contributed by atoms with E-state index in [0.29, 0.717) is 5.92 Å². The van der Waals surface area contributed by atoms with Gasteiger partial charge in [0.2, 0.25) is 0 Å². The van der Waals surface area contributed by atoms with E-state index in [2.05, 4.69) is 26.7 Å². The number of hydrogen-bond acceptors (Lipinski definition) is 3. The Labute approximate surface area is 133 Å². The maximum atomic E-state index is 11.5. The largest absolute Gasteiger partial charge is 0.459 e. The summed E-state index contributed by atoms with van der Waals surface area (Å²) in [4.78, 5) is 11.5. The second-order valence-electron chi connectivity index (χ2n) is 6.06. The van der Waals surface area contributed by atoms with Gasteiger partial charge in [0.15, 0.2) is 0 Å². The first kappa shape index (κ1) is 16.6. The highest BCUT2D eigenvalue weighted by molar-refractivity contribution is 5.66. The summed E-state index contributed by atoms with van der Waals surface area (Å²) in [6, 6.07) is 7.72. The van der Waals surface area contributed by atoms with Crippen molar-refractivity contribution in [1.82, 2.24) is 0 Å². The van der Waals surface area contributed by atoms with Crippen LogP contribution in [0.1, 0.15) is 51.3 Å². The van der Waals surface area contributed by atoms with Gasteiger partial charge in [0.05, 0.1) is 6.10 Å². The van der Waals surface area contributed by atoms with Crippen LogP contribution in [-0.2, 0) is 14.3 Å². The highest BCUT2D eigenvalue weighted by Gasteiger charge is 2.43. The first-order valence-electron chi connectivity index (χ1n) is 7.87. The highest BCUT2D eigenvalue weighted by atomic mass is 16.6. The number of carbonyl (C=O) groups is 1. The van der Waals surface area contributed by atoms with Crippen molar-refractivity contribution in [3.8, 4) is 12.3 Å². The fourth-order valence-electron chi connectivity index (χ4n) is 3.17. The van der Waals surface area contributed by atoms with Gasteiger partial charge in [-0.1, -0.05) is 38.8 Å². The van der Waals surface area contributed by atoms with Gasteiger partial charge >= 0.3 is 5.97 Å². The van der Waals surface area contributed by atoms with Gasteiger partial charge in [-0.25, -0.2) is 0 Å². The van der Waals surface area contributed by atoms with Crippen LogP contribution in [0.2, 0.25) is 0 Å². The third-order valence-electron chi connectivity index (χ3n) is 4.66. The molecule has 1 aromatic carbocycles. The zero-order chi connectivity index (χ0) is 16.3. The molecule has 0 spiro atoms. The lowest BCUT2D eigenvalue weighted by atomic mass is 9.79. The topological polar surface area (TPSA) is 35.5 Å². The molecule has 0 N–H and O–H groups in total. The Bertz CT molecular complexity index is 555. The molecule has 3 nitrogen and oxygen atoms in total. The first-order valence-corrected chi connectivity index (χ1v) is 7.87. The minimum Gasteiger partial charge on any atom is -0.459 e. The third-order valence-corrected chi connectivity index (χ3v) is 4.66. The van der Waals surface area contributed by atoms with E-state index in [-0.39, 0.29) is 30.2 Å². The van der Waals surface area contributed by atoms with Gasteiger partial charge in [-0.2, -0.15) is 0 Å². The Morgan fingerprint density at radius 1 is 1.27 bits per heavy atom. The van der Waals surface area contributed by atoms with E-state index in [4.69, 9.17) is 15.9 Å². The second-order valence-corrected chi connectivity index (χ2v) is 6.06. The minimum absolute atomic E-state index is 0.166. The molecule has 1 heterocycles. The molecule has 0 radical (unpaired) electrons. The molecule has 0 bridgehead atoms. The number of esters is 1. The predicted octanol–water partition coefficient (Wildman–Crippen LogP) is 3.72. The molecule has 1 aromatic rings. The van der Waals surface area contributed by atoms with Crippen molar-refractivity contribution in [3.63, 3.8) is 0 Å². The first-order chi connectivity index (χ1) is 10.5. The van der Waals surface area contributed by atoms with Gasteiger partial charge < -0.3 is 9.47 Å². The Morgan fingerprint density at radius 3 is 2.41 bits per heavy atom. The van der Waals surface area contributed by atoms with Gasteiger partial charge in [-0.3, -0.25) is 4.79 Å². The number of benzene rings is 1. The van der Waals surface area contributed by atoms with E-state index >= 15 is 0 Å². The zero-order valence-electron chi connectivity index (χ0n) is 13.7. The predicted molar refractivity (Wildman–Crippen MR) is 86.2 cm³/mol. The SMILES string of the molecule is C#Cc1ccc([C@H]2O[C@H](CC)[C@@H](C)[C@H](C)[C@@H]2OC(C)=O)cc1. The van der Waals surface area contributed by atoms with Gasteiger partial charge in [0.25, 0.3) is 0 Å². The van der Waals surface area contributed by atoms with Gasteiger partial charge in [0.1, 0.15) is 12.2 Å². The molecule has 1 aliphatic rings. The lowest BCUT2D eigenvalue weighted by molar-refractivity contribution is -0.196. The summed E-state index contributed by atoms with van der Waals surface area (Å²) in [7, 11) is 0. The summed E-state index contributed by atoms with van der Waals surface area (Å²) in [5.41, 5.74) is 1.83. The molecule has 2 rings (SSSR count). The maximum absolute atomic E-state index is 11.5. The number of terminal acetylenes is 1. The molecular weight excluding hydrogens is 276 g/mol. The molecule has 1 fully saturated rings. The molecule has 0 aliphatic carbocycles. The molecule has 0 saturated carbocycles. The zero-order valence-corrected chi connectivity index (χ0v) is 13.7. The number of carbonyl (C=O) groups excluding carboxylic acids is 1. The van der Waals surface area contributed by atoms with E-state index in [1.165, 1.54) is 6.92 Å². The Hall–Kier alpha value is -1.79. The monoisotopic (exact) mass is 300 g/mol. The number of ether oxygens (including phenoxy) is 2. The van der Waals surface area contributed by atoms with Gasteiger partial charge in [0, 0.05) is 18.4 Å². The molecule has 0 unspecified atom stereocenters. The van der Waals surface area contributed by atoms with Crippen LogP contribution in [0.5, 0.6) is 0 Å². The average molecular weight is 300 g/mol. The van der Waals surface area contributed by atoms with E-state index in [0.717, 1.165) is 17.5 Å². The molecule has 0 amide bonds. The highest BCUT2D eigenvalue weighted by Crippen LogP contribution is 2.41. The van der Waals surface area contributed by atoms with Gasteiger partial charge in [-0.05, 0) is 30.0 Å². The molecule has 118 valence electrons. The van der Waals surface area contributed by atoms with Crippen molar-refractivity contribution in [3.05, 3.63) is 35.4 Å². The Balaban J connectivity index is 2.33. The van der Waals surface area contributed by atoms with E-state index in [1.807, 2.05) is 24.3 Å². The standard InChI is InChI=1S/C19H24O3/c1-6-15-8-10-16(11-9-15)19-18(21-14(5)20)13(4)12(3)17(7-2)22-19/h1,8-13,17-19H,7H2,2-5H3/t12-,13-,17+,18-,19+/m0/s1. The summed E-state index contributed by atoms with van der Waals surface area (Å²) in [6.45, 7) is 7.86. The van der Waals surface area contributed by atoms with E-state index in [1.54, 1.807) is 0 Å². The summed E-state index contributed by atoms with van der Waals surface area (Å²) in [6.07, 6.45) is 6.00. The Kier molecular flexibility index (Phi) is 5.26. The van der Waals surface area contributed by atoms with Crippen LogP contribution >= 0.6 is 0 Å². The lowest BCUT2D eigenvalue weighted by Gasteiger charge is -2.44. The number of rotatable bonds is 3. The van der Waals surface area contributed by atoms with Crippen LogP contribution in [0.4, 0.5) is 0 Å². The van der Waals surface area contributed by atoms with Crippen LogP contribution in [0.15, 0.2) is 24.3 Å². The van der Waals surface area contributed by atoms with Crippen molar-refractivity contribution < 1.29 is 14.3 Å². The molecule has 1 saturated heterocycles. The summed E-state index contributed by atoms with van der Waals surface area (Å²) < 4.78 is 11.8. The van der Waals surface area contributed by atoms with Crippen molar-refractivity contribution in [2.24, 2.45) is 11.8 Å². The third kappa shape index (κ3) is 3.34. The van der Waals surface area contributed by atoms with Crippen molar-refractivity contribution >= 4 is 5.97 Å². The van der Waals surface area contributed by atoms with Gasteiger partial charge in [-0.15, -0.1) is 6.42 Å². The van der Waals surface area contributed by atoms with Crippen LogP contribution < -0.4 is 0 Å². The van der Waals surface area contributed by atoms with Crippen molar-refractivity contribution in [2.75, 3.05) is 0 Å². The van der Waals surface area contributed by atoms with Crippen molar-refractivity contribution in [1.29, 1.82) is 0 Å². The maximum Gasteiger partial charge on any atom is 0.303 e. The Morgan fingerprint density at radius 2 is 1.91 bits per heavy atom. The summed E-state index contributed by atoms with van der Waals surface area (Å²) >= 11 is 0. The minimum atomic E-state index is -0.271. The summed E-state index contributed by atoms with van der Waals surface area (Å²) in [5, 5.41) is 0. The molecule has 0 aromatic heterocycles. The molecular formula is C19H24O3. The quantitative estimate of drug-likeness (QED) is 0.630. The van der Waals surface area contributed by atoms with Crippen LogP contribution in [0, 0.1) is 24.2 Å².